The number of aromatic nitrogens is 1. The molecule has 0 fully saturated rings. The van der Waals surface area contributed by atoms with Crippen LogP contribution >= 0.6 is 7.60 Å². The standard InChI is InChI=1S/C15H24NO3PSi/c1-6-18-20(17,19-7-2)14-11-12-9-8-10-13(15(12)16-14)21(3,4)5/h8-11,16H,6-7H2,1-5H3. The summed E-state index contributed by atoms with van der Waals surface area (Å²) in [6, 6.07) is 8.13. The Bertz CT molecular complexity index is 665. The van der Waals surface area contributed by atoms with Crippen molar-refractivity contribution in [2.24, 2.45) is 0 Å². The van der Waals surface area contributed by atoms with E-state index in [2.05, 4.69) is 36.8 Å². The molecule has 1 N–H and O–H groups in total. The number of rotatable bonds is 6. The molecule has 0 bridgehead atoms. The molecule has 1 aromatic carbocycles. The van der Waals surface area contributed by atoms with E-state index in [4.69, 9.17) is 9.05 Å². The van der Waals surface area contributed by atoms with Gasteiger partial charge in [-0.05, 0) is 25.1 Å². The van der Waals surface area contributed by atoms with Gasteiger partial charge < -0.3 is 14.0 Å². The normalized spacial score (nSPS) is 13.0. The van der Waals surface area contributed by atoms with E-state index in [9.17, 15) is 4.57 Å². The van der Waals surface area contributed by atoms with Crippen LogP contribution in [0.2, 0.25) is 19.6 Å². The quantitative estimate of drug-likeness (QED) is 0.652. The zero-order chi connectivity index (χ0) is 15.7. The molecular formula is C15H24NO3PSi. The molecule has 1 heterocycles. The Morgan fingerprint density at radius 2 is 1.76 bits per heavy atom. The molecule has 0 aliphatic heterocycles. The lowest BCUT2D eigenvalue weighted by Gasteiger charge is -2.18. The average molecular weight is 325 g/mol. The van der Waals surface area contributed by atoms with Crippen LogP contribution < -0.4 is 10.6 Å². The molecule has 0 unspecified atom stereocenters. The summed E-state index contributed by atoms with van der Waals surface area (Å²) in [5.74, 6) is 0. The van der Waals surface area contributed by atoms with Crippen molar-refractivity contribution < 1.29 is 13.6 Å². The van der Waals surface area contributed by atoms with Gasteiger partial charge in [0.2, 0.25) is 0 Å². The molecular weight excluding hydrogens is 301 g/mol. The number of H-pyrrole nitrogens is 1. The van der Waals surface area contributed by atoms with Crippen LogP contribution in [-0.2, 0) is 13.6 Å². The molecule has 2 aromatic rings. The van der Waals surface area contributed by atoms with Crippen molar-refractivity contribution in [3.8, 4) is 0 Å². The summed E-state index contributed by atoms with van der Waals surface area (Å²) in [4.78, 5) is 3.30. The molecule has 21 heavy (non-hydrogen) atoms. The Balaban J connectivity index is 2.60. The summed E-state index contributed by atoms with van der Waals surface area (Å²) in [5, 5.41) is 2.38. The predicted molar refractivity (Wildman–Crippen MR) is 91.8 cm³/mol. The topological polar surface area (TPSA) is 51.3 Å². The van der Waals surface area contributed by atoms with Crippen molar-refractivity contribution in [2.45, 2.75) is 33.5 Å². The van der Waals surface area contributed by atoms with Crippen LogP contribution in [0.25, 0.3) is 10.9 Å². The Hall–Kier alpha value is -0.873. The van der Waals surface area contributed by atoms with Gasteiger partial charge in [0.05, 0.1) is 21.3 Å². The molecule has 0 amide bonds. The van der Waals surface area contributed by atoms with Gasteiger partial charge in [0.25, 0.3) is 0 Å². The van der Waals surface area contributed by atoms with Crippen molar-refractivity contribution in [3.63, 3.8) is 0 Å². The molecule has 4 nitrogen and oxygen atoms in total. The summed E-state index contributed by atoms with van der Waals surface area (Å²) < 4.78 is 23.7. The maximum absolute atomic E-state index is 12.9. The lowest BCUT2D eigenvalue weighted by Crippen LogP contribution is -2.38. The molecule has 0 saturated heterocycles. The molecule has 1 aromatic heterocycles. The van der Waals surface area contributed by atoms with Crippen LogP contribution in [-0.4, -0.2) is 26.3 Å². The van der Waals surface area contributed by atoms with Gasteiger partial charge in [-0.15, -0.1) is 0 Å². The Morgan fingerprint density at radius 3 is 2.29 bits per heavy atom. The SMILES string of the molecule is CCOP(=O)(OCC)c1cc2cccc([Si](C)(C)C)c2[nH]1. The number of fused-ring (bicyclic) bond motifs is 1. The predicted octanol–water partition coefficient (Wildman–Crippen LogP) is 3.60. The fraction of sp³-hybridized carbons (Fsp3) is 0.467. The van der Waals surface area contributed by atoms with E-state index < -0.39 is 15.7 Å². The number of hydrogen-bond donors (Lipinski definition) is 1. The summed E-state index contributed by atoms with van der Waals surface area (Å²) in [6.07, 6.45) is 0. The summed E-state index contributed by atoms with van der Waals surface area (Å²) in [5.41, 5.74) is 1.61. The number of aromatic amines is 1. The van der Waals surface area contributed by atoms with E-state index in [1.165, 1.54) is 5.19 Å². The largest absolute Gasteiger partial charge is 0.377 e. The highest BCUT2D eigenvalue weighted by atomic mass is 31.2. The Labute approximate surface area is 127 Å². The smallest absolute Gasteiger partial charge is 0.348 e. The first-order chi connectivity index (χ1) is 9.81. The van der Waals surface area contributed by atoms with Gasteiger partial charge in [0.1, 0.15) is 5.44 Å². The Kier molecular flexibility index (Phi) is 4.78. The second kappa shape index (κ2) is 6.09. The van der Waals surface area contributed by atoms with Crippen molar-refractivity contribution >= 4 is 37.2 Å². The molecule has 116 valence electrons. The van der Waals surface area contributed by atoms with Gasteiger partial charge in [0.15, 0.2) is 0 Å². The van der Waals surface area contributed by atoms with E-state index >= 15 is 0 Å². The highest BCUT2D eigenvalue weighted by Crippen LogP contribution is 2.46. The van der Waals surface area contributed by atoms with Gasteiger partial charge in [-0.1, -0.05) is 37.8 Å². The first-order valence-corrected chi connectivity index (χ1v) is 12.4. The molecule has 0 atom stereocenters. The van der Waals surface area contributed by atoms with E-state index in [1.54, 1.807) is 0 Å². The van der Waals surface area contributed by atoms with E-state index in [0.717, 1.165) is 10.9 Å². The van der Waals surface area contributed by atoms with Crippen LogP contribution in [0, 0.1) is 0 Å². The lowest BCUT2D eigenvalue weighted by atomic mass is 10.2. The van der Waals surface area contributed by atoms with Crippen LogP contribution in [0.5, 0.6) is 0 Å². The third kappa shape index (κ3) is 3.32. The van der Waals surface area contributed by atoms with Crippen molar-refractivity contribution in [1.82, 2.24) is 4.98 Å². The third-order valence-electron chi connectivity index (χ3n) is 3.34. The molecule has 0 spiro atoms. The van der Waals surface area contributed by atoms with Crippen molar-refractivity contribution in [1.29, 1.82) is 0 Å². The molecule has 0 aliphatic carbocycles. The number of para-hydroxylation sites is 1. The van der Waals surface area contributed by atoms with E-state index in [1.807, 2.05) is 26.0 Å². The van der Waals surface area contributed by atoms with E-state index in [0.29, 0.717) is 18.6 Å². The maximum atomic E-state index is 12.9. The molecule has 2 rings (SSSR count). The van der Waals surface area contributed by atoms with Gasteiger partial charge in [-0.3, -0.25) is 4.57 Å². The van der Waals surface area contributed by atoms with Crippen molar-refractivity contribution in [3.05, 3.63) is 24.3 Å². The Morgan fingerprint density at radius 1 is 1.14 bits per heavy atom. The van der Waals surface area contributed by atoms with Crippen LogP contribution in [0.3, 0.4) is 0 Å². The van der Waals surface area contributed by atoms with Gasteiger partial charge in [-0.2, -0.15) is 0 Å². The summed E-state index contributed by atoms with van der Waals surface area (Å²) in [7, 11) is -4.74. The number of nitrogens with one attached hydrogen (secondary N) is 1. The van der Waals surface area contributed by atoms with Crippen LogP contribution in [0.1, 0.15) is 13.8 Å². The molecule has 6 heteroatoms. The first-order valence-electron chi connectivity index (χ1n) is 7.33. The lowest BCUT2D eigenvalue weighted by molar-refractivity contribution is 0.229. The zero-order valence-electron chi connectivity index (χ0n) is 13.4. The van der Waals surface area contributed by atoms with Crippen LogP contribution in [0.15, 0.2) is 24.3 Å². The third-order valence-corrected chi connectivity index (χ3v) is 7.40. The molecule has 0 aliphatic rings. The number of hydrogen-bond acceptors (Lipinski definition) is 3. The number of benzene rings is 1. The minimum atomic E-state index is -3.26. The fourth-order valence-electron chi connectivity index (χ4n) is 2.43. The van der Waals surface area contributed by atoms with E-state index in [-0.39, 0.29) is 0 Å². The fourth-order valence-corrected chi connectivity index (χ4v) is 5.56. The first kappa shape index (κ1) is 16.5. The maximum Gasteiger partial charge on any atom is 0.377 e. The zero-order valence-corrected chi connectivity index (χ0v) is 15.3. The minimum absolute atomic E-state index is 0.355. The van der Waals surface area contributed by atoms with Gasteiger partial charge >= 0.3 is 7.60 Å². The average Bonchev–Trinajstić information content (AvgIpc) is 2.82. The monoisotopic (exact) mass is 325 g/mol. The van der Waals surface area contributed by atoms with Crippen molar-refractivity contribution in [2.75, 3.05) is 13.2 Å². The highest BCUT2D eigenvalue weighted by molar-refractivity contribution is 7.62. The highest BCUT2D eigenvalue weighted by Gasteiger charge is 2.30. The molecule has 0 radical (unpaired) electrons. The summed E-state index contributed by atoms with van der Waals surface area (Å²) >= 11 is 0. The van der Waals surface area contributed by atoms with Crippen LogP contribution in [0.4, 0.5) is 0 Å². The van der Waals surface area contributed by atoms with Gasteiger partial charge in [-0.25, -0.2) is 0 Å². The van der Waals surface area contributed by atoms with Gasteiger partial charge in [0, 0.05) is 10.9 Å². The summed E-state index contributed by atoms with van der Waals surface area (Å²) in [6.45, 7) is 11.2. The minimum Gasteiger partial charge on any atom is -0.348 e. The molecule has 0 saturated carbocycles. The second-order valence-electron chi connectivity index (χ2n) is 6.01. The second-order valence-corrected chi connectivity index (χ2v) is 13.0.